The molecule has 1 heterocycles. The van der Waals surface area contributed by atoms with Crippen molar-refractivity contribution < 1.29 is 33.4 Å². The van der Waals surface area contributed by atoms with Crippen LogP contribution < -0.4 is 14.8 Å². The van der Waals surface area contributed by atoms with E-state index in [0.29, 0.717) is 26.3 Å². The molecule has 2 aromatic carbocycles. The Labute approximate surface area is 233 Å². The van der Waals surface area contributed by atoms with Crippen LogP contribution in [0.4, 0.5) is 10.5 Å². The first-order valence-electron chi connectivity index (χ1n) is 10.2. The summed E-state index contributed by atoms with van der Waals surface area (Å²) in [5.41, 5.74) is 1.16. The molecule has 12 heteroatoms. The number of nitrogens with one attached hydrogen (secondary N) is 1. The van der Waals surface area contributed by atoms with E-state index in [2.05, 4.69) is 27.9 Å². The lowest BCUT2D eigenvalue weighted by Crippen LogP contribution is -2.36. The van der Waals surface area contributed by atoms with Gasteiger partial charge in [0.15, 0.2) is 18.1 Å². The number of thioether (sulfide) groups is 1. The predicted molar refractivity (Wildman–Crippen MR) is 148 cm³/mol. The maximum Gasteiger partial charge on any atom is 0.344 e. The molecular formula is C23H20I2N2O7S. The Morgan fingerprint density at radius 1 is 1.14 bits per heavy atom. The van der Waals surface area contributed by atoms with E-state index in [9.17, 15) is 19.2 Å². The highest BCUT2D eigenvalue weighted by atomic mass is 127. The van der Waals surface area contributed by atoms with Crippen LogP contribution in [0.15, 0.2) is 41.3 Å². The van der Waals surface area contributed by atoms with Crippen molar-refractivity contribution in [3.05, 3.63) is 54.0 Å². The van der Waals surface area contributed by atoms with Gasteiger partial charge in [0.25, 0.3) is 11.1 Å². The van der Waals surface area contributed by atoms with Gasteiger partial charge in [-0.3, -0.25) is 19.3 Å². The molecule has 1 fully saturated rings. The third-order valence-electron chi connectivity index (χ3n) is 4.49. The molecule has 1 aliphatic heterocycles. The van der Waals surface area contributed by atoms with Gasteiger partial charge in [-0.05, 0) is 112 Å². The first-order chi connectivity index (χ1) is 16.7. The van der Waals surface area contributed by atoms with Crippen LogP contribution in [-0.4, -0.2) is 54.8 Å². The summed E-state index contributed by atoms with van der Waals surface area (Å²) in [6, 6.07) is 10.5. The van der Waals surface area contributed by atoms with Crippen LogP contribution in [0.1, 0.15) is 12.5 Å². The summed E-state index contributed by atoms with van der Waals surface area (Å²) in [7, 11) is 1.45. The van der Waals surface area contributed by atoms with Gasteiger partial charge in [0.2, 0.25) is 5.91 Å². The lowest BCUT2D eigenvalue weighted by Gasteiger charge is -2.13. The van der Waals surface area contributed by atoms with Crippen molar-refractivity contribution in [3.8, 4) is 11.5 Å². The average molecular weight is 722 g/mol. The lowest BCUT2D eigenvalue weighted by molar-refractivity contribution is -0.145. The van der Waals surface area contributed by atoms with Crippen LogP contribution in [0.3, 0.4) is 0 Å². The van der Waals surface area contributed by atoms with Gasteiger partial charge in [-0.25, -0.2) is 4.79 Å². The lowest BCUT2D eigenvalue weighted by atomic mass is 10.2. The van der Waals surface area contributed by atoms with Crippen molar-refractivity contribution >= 4 is 91.7 Å². The van der Waals surface area contributed by atoms with Gasteiger partial charge in [0.1, 0.15) is 6.54 Å². The third-order valence-corrected chi connectivity index (χ3v) is 6.92. The number of esters is 1. The van der Waals surface area contributed by atoms with Crippen LogP contribution in [-0.2, 0) is 19.1 Å². The zero-order valence-corrected chi connectivity index (χ0v) is 23.8. The highest BCUT2D eigenvalue weighted by Gasteiger charge is 2.36. The van der Waals surface area contributed by atoms with Gasteiger partial charge in [0, 0.05) is 9.26 Å². The largest absolute Gasteiger partial charge is 0.493 e. The number of hydrogen-bond acceptors (Lipinski definition) is 8. The van der Waals surface area contributed by atoms with Crippen LogP contribution in [0.2, 0.25) is 0 Å². The number of halogens is 2. The fourth-order valence-corrected chi connectivity index (χ4v) is 4.94. The van der Waals surface area contributed by atoms with E-state index in [1.807, 2.05) is 34.7 Å². The Morgan fingerprint density at radius 2 is 1.86 bits per heavy atom. The number of rotatable bonds is 9. The molecule has 35 heavy (non-hydrogen) atoms. The van der Waals surface area contributed by atoms with Crippen LogP contribution in [0, 0.1) is 7.14 Å². The second-order valence-corrected chi connectivity index (χ2v) is 10.4. The number of amides is 3. The molecule has 0 radical (unpaired) electrons. The molecule has 3 rings (SSSR count). The van der Waals surface area contributed by atoms with Crippen LogP contribution >= 0.6 is 56.9 Å². The molecule has 1 N–H and O–H groups in total. The van der Waals surface area contributed by atoms with Crippen LogP contribution in [0.25, 0.3) is 6.08 Å². The molecule has 9 nitrogen and oxygen atoms in total. The molecule has 2 aromatic rings. The molecule has 0 unspecified atom stereocenters. The van der Waals surface area contributed by atoms with Crippen molar-refractivity contribution in [1.29, 1.82) is 0 Å². The standard InChI is InChI=1S/C23H20I2N2O7S/c1-3-33-20(29)12-34-21-16(25)8-13(9-17(21)32-2)10-18-22(30)27(23(31)35-18)11-19(28)26-15-6-4-14(24)5-7-15/h4-10H,3,11-12H2,1-2H3,(H,26,28)/b18-10+. The maximum atomic E-state index is 12.8. The molecule has 0 aromatic heterocycles. The van der Waals surface area contributed by atoms with Crippen molar-refractivity contribution in [2.24, 2.45) is 0 Å². The molecule has 0 atom stereocenters. The number of nitrogens with zero attached hydrogens (tertiary/aromatic N) is 1. The van der Waals surface area contributed by atoms with E-state index in [0.717, 1.165) is 20.2 Å². The molecule has 0 bridgehead atoms. The first kappa shape index (κ1) is 27.3. The molecule has 1 aliphatic rings. The van der Waals surface area contributed by atoms with Gasteiger partial charge in [-0.1, -0.05) is 0 Å². The zero-order valence-electron chi connectivity index (χ0n) is 18.6. The molecule has 1 saturated heterocycles. The van der Waals surface area contributed by atoms with Crippen molar-refractivity contribution in [2.45, 2.75) is 6.92 Å². The van der Waals surface area contributed by atoms with E-state index >= 15 is 0 Å². The summed E-state index contributed by atoms with van der Waals surface area (Å²) >= 11 is 4.93. The zero-order chi connectivity index (χ0) is 25.5. The first-order valence-corrected chi connectivity index (χ1v) is 13.2. The Morgan fingerprint density at radius 3 is 2.51 bits per heavy atom. The van der Waals surface area contributed by atoms with Gasteiger partial charge in [-0.15, -0.1) is 0 Å². The SMILES string of the molecule is CCOC(=O)COc1c(I)cc(/C=C2/SC(=O)N(CC(=O)Nc3ccc(I)cc3)C2=O)cc1OC. The van der Waals surface area contributed by atoms with Gasteiger partial charge >= 0.3 is 5.97 Å². The summed E-state index contributed by atoms with van der Waals surface area (Å²) in [6.45, 7) is 1.28. The second-order valence-electron chi connectivity index (χ2n) is 6.95. The molecule has 0 saturated carbocycles. The number of carbonyl (C=O) groups is 4. The van der Waals surface area contributed by atoms with E-state index < -0.39 is 29.6 Å². The normalized spacial score (nSPS) is 14.3. The monoisotopic (exact) mass is 722 g/mol. The minimum absolute atomic E-state index is 0.176. The Balaban J connectivity index is 1.72. The number of hydrogen-bond donors (Lipinski definition) is 1. The summed E-state index contributed by atoms with van der Waals surface area (Å²) in [5.74, 6) is -0.833. The minimum Gasteiger partial charge on any atom is -0.493 e. The van der Waals surface area contributed by atoms with Gasteiger partial charge in [0.05, 0.1) is 22.2 Å². The molecular weight excluding hydrogens is 702 g/mol. The average Bonchev–Trinajstić information content (AvgIpc) is 3.07. The number of methoxy groups -OCH3 is 1. The van der Waals surface area contributed by atoms with Crippen molar-refractivity contribution in [1.82, 2.24) is 4.90 Å². The van der Waals surface area contributed by atoms with Crippen LogP contribution in [0.5, 0.6) is 11.5 Å². The van der Waals surface area contributed by atoms with Crippen molar-refractivity contribution in [3.63, 3.8) is 0 Å². The number of carbonyl (C=O) groups excluding carboxylic acids is 4. The molecule has 3 amide bonds. The van der Waals surface area contributed by atoms with E-state index in [1.54, 1.807) is 37.3 Å². The fraction of sp³-hybridized carbons (Fsp3) is 0.217. The summed E-state index contributed by atoms with van der Waals surface area (Å²) in [6.07, 6.45) is 1.54. The summed E-state index contributed by atoms with van der Waals surface area (Å²) in [4.78, 5) is 50.3. The molecule has 0 spiro atoms. The fourth-order valence-electron chi connectivity index (χ4n) is 2.96. The predicted octanol–water partition coefficient (Wildman–Crippen LogP) is 4.52. The molecule has 0 aliphatic carbocycles. The summed E-state index contributed by atoms with van der Waals surface area (Å²) in [5, 5.41) is 2.14. The Bertz CT molecular complexity index is 1190. The van der Waals surface area contributed by atoms with E-state index in [4.69, 9.17) is 14.2 Å². The summed E-state index contributed by atoms with van der Waals surface area (Å²) < 4.78 is 17.4. The molecule has 184 valence electrons. The quantitative estimate of drug-likeness (QED) is 0.229. The second kappa shape index (κ2) is 12.6. The Kier molecular flexibility index (Phi) is 9.80. The van der Waals surface area contributed by atoms with Crippen molar-refractivity contribution in [2.75, 3.05) is 32.2 Å². The maximum absolute atomic E-state index is 12.8. The van der Waals surface area contributed by atoms with E-state index in [1.165, 1.54) is 7.11 Å². The highest BCUT2D eigenvalue weighted by Crippen LogP contribution is 2.37. The number of anilines is 1. The minimum atomic E-state index is -0.561. The topological polar surface area (TPSA) is 111 Å². The number of benzene rings is 2. The Hall–Kier alpha value is -2.33. The van der Waals surface area contributed by atoms with Gasteiger partial charge in [-0.2, -0.15) is 0 Å². The van der Waals surface area contributed by atoms with Gasteiger partial charge < -0.3 is 19.5 Å². The number of imide groups is 1. The number of ether oxygens (including phenoxy) is 3. The third kappa shape index (κ3) is 7.33. The van der Waals surface area contributed by atoms with E-state index in [-0.39, 0.29) is 18.1 Å². The highest BCUT2D eigenvalue weighted by molar-refractivity contribution is 14.1. The smallest absolute Gasteiger partial charge is 0.344 e.